The van der Waals surface area contributed by atoms with E-state index in [1.807, 2.05) is 38.1 Å². The first-order valence-corrected chi connectivity index (χ1v) is 4.77. The van der Waals surface area contributed by atoms with Gasteiger partial charge in [0, 0.05) is 6.20 Å². The smallest absolute Gasteiger partial charge is 0.238 e. The van der Waals surface area contributed by atoms with Crippen molar-refractivity contribution in [2.45, 2.75) is 13.8 Å². The van der Waals surface area contributed by atoms with Crippen molar-refractivity contribution in [3.63, 3.8) is 0 Å². The molecule has 0 spiro atoms. The lowest BCUT2D eigenvalue weighted by Gasteiger charge is -2.04. The summed E-state index contributed by atoms with van der Waals surface area (Å²) in [6, 6.07) is 7.84. The van der Waals surface area contributed by atoms with Crippen LogP contribution in [0.4, 0.5) is 0 Å². The third kappa shape index (κ3) is 2.53. The van der Waals surface area contributed by atoms with Crippen LogP contribution in [0.2, 0.25) is 0 Å². The minimum atomic E-state index is 0.528. The van der Waals surface area contributed by atoms with Crippen LogP contribution in [-0.4, -0.2) is 9.97 Å². The van der Waals surface area contributed by atoms with Crippen molar-refractivity contribution < 1.29 is 4.74 Å². The van der Waals surface area contributed by atoms with Gasteiger partial charge in [-0.05, 0) is 31.5 Å². The van der Waals surface area contributed by atoms with Crippen LogP contribution < -0.4 is 4.74 Å². The van der Waals surface area contributed by atoms with Crippen LogP contribution in [0.3, 0.4) is 0 Å². The van der Waals surface area contributed by atoms with E-state index in [2.05, 4.69) is 9.97 Å². The molecule has 0 aliphatic rings. The molecule has 1 aromatic heterocycles. The second kappa shape index (κ2) is 4.09. The van der Waals surface area contributed by atoms with Crippen molar-refractivity contribution in [3.8, 4) is 11.6 Å². The molecular formula is C12H12N2O. The first kappa shape index (κ1) is 9.65. The highest BCUT2D eigenvalue weighted by molar-refractivity contribution is 5.30. The van der Waals surface area contributed by atoms with Crippen LogP contribution in [0.15, 0.2) is 36.7 Å². The molecule has 2 rings (SSSR count). The lowest BCUT2D eigenvalue weighted by Crippen LogP contribution is -1.91. The number of aryl methyl sites for hydroxylation is 2. The van der Waals surface area contributed by atoms with Gasteiger partial charge in [-0.25, -0.2) is 4.98 Å². The maximum Gasteiger partial charge on any atom is 0.238 e. The van der Waals surface area contributed by atoms with Crippen LogP contribution in [0.1, 0.15) is 11.3 Å². The fourth-order valence-electron chi connectivity index (χ4n) is 1.29. The minimum Gasteiger partial charge on any atom is -0.437 e. The summed E-state index contributed by atoms with van der Waals surface area (Å²) in [5.74, 6) is 1.32. The molecule has 0 saturated carbocycles. The second-order valence-electron chi connectivity index (χ2n) is 3.42. The summed E-state index contributed by atoms with van der Waals surface area (Å²) in [4.78, 5) is 8.23. The molecule has 15 heavy (non-hydrogen) atoms. The summed E-state index contributed by atoms with van der Waals surface area (Å²) >= 11 is 0. The van der Waals surface area contributed by atoms with Gasteiger partial charge in [0.2, 0.25) is 5.88 Å². The van der Waals surface area contributed by atoms with E-state index in [9.17, 15) is 0 Å². The second-order valence-corrected chi connectivity index (χ2v) is 3.42. The van der Waals surface area contributed by atoms with E-state index in [4.69, 9.17) is 4.74 Å². The van der Waals surface area contributed by atoms with Crippen molar-refractivity contribution in [1.29, 1.82) is 0 Å². The number of hydrogen-bond donors (Lipinski definition) is 0. The third-order valence-electron chi connectivity index (χ3n) is 1.94. The molecule has 0 amide bonds. The average molecular weight is 200 g/mol. The number of benzene rings is 1. The predicted molar refractivity (Wildman–Crippen MR) is 58.0 cm³/mol. The molecule has 0 aliphatic heterocycles. The van der Waals surface area contributed by atoms with E-state index in [0.717, 1.165) is 17.0 Å². The van der Waals surface area contributed by atoms with E-state index in [1.54, 1.807) is 12.4 Å². The van der Waals surface area contributed by atoms with Crippen LogP contribution in [0.25, 0.3) is 0 Å². The van der Waals surface area contributed by atoms with Gasteiger partial charge in [-0.2, -0.15) is 0 Å². The first-order valence-electron chi connectivity index (χ1n) is 4.77. The van der Waals surface area contributed by atoms with Gasteiger partial charge in [-0.3, -0.25) is 4.98 Å². The van der Waals surface area contributed by atoms with Gasteiger partial charge in [-0.1, -0.05) is 12.1 Å². The van der Waals surface area contributed by atoms with E-state index in [0.29, 0.717) is 5.88 Å². The molecule has 1 aromatic carbocycles. The Labute approximate surface area is 88.8 Å². The zero-order chi connectivity index (χ0) is 10.7. The van der Waals surface area contributed by atoms with Crippen molar-refractivity contribution in [3.05, 3.63) is 47.9 Å². The molecule has 0 atom stereocenters. The Hall–Kier alpha value is -1.90. The molecule has 76 valence electrons. The van der Waals surface area contributed by atoms with Crippen molar-refractivity contribution in [2.24, 2.45) is 0 Å². The SMILES string of the molecule is Cc1cccc(Oc2cncc(C)n2)c1. The predicted octanol–water partition coefficient (Wildman–Crippen LogP) is 2.89. The standard InChI is InChI=1S/C12H12N2O/c1-9-4-3-5-11(6-9)15-12-8-13-7-10(2)14-12/h3-8H,1-2H3. The molecule has 0 bridgehead atoms. The van der Waals surface area contributed by atoms with Crippen LogP contribution in [0, 0.1) is 13.8 Å². The van der Waals surface area contributed by atoms with Gasteiger partial charge in [0.05, 0.1) is 11.9 Å². The first-order chi connectivity index (χ1) is 7.24. The number of aromatic nitrogens is 2. The summed E-state index contributed by atoms with van der Waals surface area (Å²) in [6.07, 6.45) is 3.30. The Morgan fingerprint density at radius 2 is 2.00 bits per heavy atom. The number of ether oxygens (including phenoxy) is 1. The number of rotatable bonds is 2. The van der Waals surface area contributed by atoms with Gasteiger partial charge >= 0.3 is 0 Å². The van der Waals surface area contributed by atoms with Crippen molar-refractivity contribution >= 4 is 0 Å². The highest BCUT2D eigenvalue weighted by Crippen LogP contribution is 2.19. The Bertz CT molecular complexity index is 425. The summed E-state index contributed by atoms with van der Waals surface area (Å²) in [5.41, 5.74) is 2.01. The maximum absolute atomic E-state index is 5.57. The molecule has 1 heterocycles. The van der Waals surface area contributed by atoms with E-state index in [-0.39, 0.29) is 0 Å². The zero-order valence-corrected chi connectivity index (χ0v) is 8.77. The molecule has 3 heteroatoms. The quantitative estimate of drug-likeness (QED) is 0.747. The van der Waals surface area contributed by atoms with Crippen LogP contribution in [-0.2, 0) is 0 Å². The molecule has 0 fully saturated rings. The molecule has 2 aromatic rings. The Morgan fingerprint density at radius 1 is 1.13 bits per heavy atom. The largest absolute Gasteiger partial charge is 0.437 e. The molecule has 0 aliphatic carbocycles. The summed E-state index contributed by atoms with van der Waals surface area (Å²) in [5, 5.41) is 0. The highest BCUT2D eigenvalue weighted by Gasteiger charge is 1.99. The summed E-state index contributed by atoms with van der Waals surface area (Å²) < 4.78 is 5.57. The van der Waals surface area contributed by atoms with E-state index >= 15 is 0 Å². The normalized spacial score (nSPS) is 10.0. The molecular weight excluding hydrogens is 188 g/mol. The molecule has 3 nitrogen and oxygen atoms in total. The highest BCUT2D eigenvalue weighted by atomic mass is 16.5. The number of nitrogens with zero attached hydrogens (tertiary/aromatic N) is 2. The van der Waals surface area contributed by atoms with Crippen LogP contribution >= 0.6 is 0 Å². The Balaban J connectivity index is 2.22. The topological polar surface area (TPSA) is 35.0 Å². The average Bonchev–Trinajstić information content (AvgIpc) is 2.17. The molecule has 0 saturated heterocycles. The zero-order valence-electron chi connectivity index (χ0n) is 8.77. The van der Waals surface area contributed by atoms with Gasteiger partial charge < -0.3 is 4.74 Å². The lowest BCUT2D eigenvalue weighted by molar-refractivity contribution is 0.458. The molecule has 0 N–H and O–H groups in total. The van der Waals surface area contributed by atoms with E-state index < -0.39 is 0 Å². The van der Waals surface area contributed by atoms with Gasteiger partial charge in [0.25, 0.3) is 0 Å². The third-order valence-corrected chi connectivity index (χ3v) is 1.94. The van der Waals surface area contributed by atoms with Gasteiger partial charge in [0.15, 0.2) is 0 Å². The Kier molecular flexibility index (Phi) is 2.63. The van der Waals surface area contributed by atoms with E-state index in [1.165, 1.54) is 0 Å². The fraction of sp³-hybridized carbons (Fsp3) is 0.167. The number of hydrogen-bond acceptors (Lipinski definition) is 3. The maximum atomic E-state index is 5.57. The van der Waals surface area contributed by atoms with Crippen molar-refractivity contribution in [1.82, 2.24) is 9.97 Å². The fourth-order valence-corrected chi connectivity index (χ4v) is 1.29. The monoisotopic (exact) mass is 200 g/mol. The summed E-state index contributed by atoms with van der Waals surface area (Å²) in [6.45, 7) is 3.91. The van der Waals surface area contributed by atoms with Crippen LogP contribution in [0.5, 0.6) is 11.6 Å². The Morgan fingerprint density at radius 3 is 2.73 bits per heavy atom. The van der Waals surface area contributed by atoms with Crippen molar-refractivity contribution in [2.75, 3.05) is 0 Å². The van der Waals surface area contributed by atoms with Gasteiger partial charge in [-0.15, -0.1) is 0 Å². The minimum absolute atomic E-state index is 0.528. The molecule has 0 radical (unpaired) electrons. The lowest BCUT2D eigenvalue weighted by atomic mass is 10.2. The van der Waals surface area contributed by atoms with Gasteiger partial charge in [0.1, 0.15) is 5.75 Å². The molecule has 0 unspecified atom stereocenters. The summed E-state index contributed by atoms with van der Waals surface area (Å²) in [7, 11) is 0.